The van der Waals surface area contributed by atoms with Gasteiger partial charge in [0.1, 0.15) is 18.9 Å². The Morgan fingerprint density at radius 2 is 0.931 bits per heavy atom. The van der Waals surface area contributed by atoms with Gasteiger partial charge < -0.3 is 0 Å². The van der Waals surface area contributed by atoms with Gasteiger partial charge in [0.25, 0.3) is 0 Å². The molecular weight excluding hydrogens is 769 g/mol. The van der Waals surface area contributed by atoms with Crippen molar-refractivity contribution in [1.82, 2.24) is 5.09 Å². The fourth-order valence-electron chi connectivity index (χ4n) is 9.76. The summed E-state index contributed by atoms with van der Waals surface area (Å²) in [5, 5.41) is 12.5. The first kappa shape index (κ1) is 48.8. The molecule has 0 aromatic heterocycles. The van der Waals surface area contributed by atoms with Crippen molar-refractivity contribution in [3.63, 3.8) is 0 Å². The molecule has 0 radical (unpaired) electrons. The van der Waals surface area contributed by atoms with Gasteiger partial charge in [0.05, 0.1) is 16.1 Å². The smallest absolute Gasteiger partial charge is 0.165 e. The summed E-state index contributed by atoms with van der Waals surface area (Å²) in [7, 11) is -4.84. The Hall–Kier alpha value is -1.87. The zero-order valence-corrected chi connectivity index (χ0v) is 42.8. The molecule has 4 rings (SSSR count). The minimum Gasteiger partial charge on any atom is -0.178 e. The van der Waals surface area contributed by atoms with Gasteiger partial charge in [0, 0.05) is 11.3 Å². The summed E-state index contributed by atoms with van der Waals surface area (Å²) < 4.78 is 0. The van der Waals surface area contributed by atoms with Gasteiger partial charge in [0.15, 0.2) is 7.10 Å². The molecule has 1 nitrogen and oxygen atoms in total. The van der Waals surface area contributed by atoms with Gasteiger partial charge in [-0.25, -0.2) is 0 Å². The minimum absolute atomic E-state index is 0.352. The van der Waals surface area contributed by atoms with Crippen LogP contribution in [0.2, 0.25) is 36.3 Å². The third kappa shape index (κ3) is 12.4. The van der Waals surface area contributed by atoms with Gasteiger partial charge >= 0.3 is 0 Å². The summed E-state index contributed by atoms with van der Waals surface area (Å²) in [4.78, 5) is 0. The summed E-state index contributed by atoms with van der Waals surface area (Å²) in [5.74, 6) is 0. The number of hydrogen-bond donors (Lipinski definition) is 1. The lowest BCUT2D eigenvalue weighted by molar-refractivity contribution is 0.763. The molecule has 318 valence electrons. The Morgan fingerprint density at radius 1 is 0.500 bits per heavy atom. The highest BCUT2D eigenvalue weighted by Gasteiger charge is 2.47. The Labute approximate surface area is 362 Å². The Kier molecular flexibility index (Phi) is 20.6. The molecule has 0 aliphatic rings. The van der Waals surface area contributed by atoms with E-state index in [9.17, 15) is 0 Å². The Balaban J connectivity index is 2.02. The zero-order valence-electron chi connectivity index (χ0n) is 38.9. The summed E-state index contributed by atoms with van der Waals surface area (Å²) in [6.07, 6.45) is 16.0. The first-order chi connectivity index (χ1) is 28.1. The number of benzene rings is 4. The average molecular weight is 853 g/mol. The highest BCUT2D eigenvalue weighted by Crippen LogP contribution is 2.69. The van der Waals surface area contributed by atoms with Crippen LogP contribution in [0.1, 0.15) is 144 Å². The third-order valence-electron chi connectivity index (χ3n) is 13.2. The van der Waals surface area contributed by atoms with E-state index < -0.39 is 23.2 Å². The molecule has 5 heteroatoms. The molecule has 4 aromatic rings. The Bertz CT molecular complexity index is 1740. The van der Waals surface area contributed by atoms with Gasteiger partial charge in [0.2, 0.25) is 0 Å². The van der Waals surface area contributed by atoms with E-state index in [0.717, 1.165) is 0 Å². The molecule has 0 spiro atoms. The maximum absolute atomic E-state index is 4.44. The van der Waals surface area contributed by atoms with Crippen molar-refractivity contribution < 1.29 is 0 Å². The molecule has 58 heavy (non-hydrogen) atoms. The quantitative estimate of drug-likeness (QED) is 0.0465. The molecule has 4 aromatic carbocycles. The highest BCUT2D eigenvalue weighted by atomic mass is 32.1. The molecule has 0 aliphatic carbocycles. The summed E-state index contributed by atoms with van der Waals surface area (Å²) in [6.45, 7) is 23.8. The second-order valence-electron chi connectivity index (χ2n) is 18.2. The molecule has 0 saturated heterocycles. The molecule has 1 N–H and O–H groups in total. The number of rotatable bonds is 27. The van der Waals surface area contributed by atoms with Crippen LogP contribution < -0.4 is 31.4 Å². The normalized spacial score (nSPS) is 13.5. The number of unbranched alkanes of at least 4 members (excludes halogenated alkanes) is 6. The predicted octanol–water partition coefficient (Wildman–Crippen LogP) is 14.9. The first-order valence-electron chi connectivity index (χ1n) is 23.9. The molecule has 0 amide bonds. The molecule has 0 bridgehead atoms. The van der Waals surface area contributed by atoms with Crippen molar-refractivity contribution in [1.29, 1.82) is 0 Å². The monoisotopic (exact) mass is 853 g/mol. The molecule has 0 aliphatic heterocycles. The van der Waals surface area contributed by atoms with Crippen LogP contribution in [-0.2, 0) is 0 Å². The lowest BCUT2D eigenvalue weighted by Gasteiger charge is -2.35. The molecule has 0 fully saturated rings. The fraction of sp³-hybridized carbons (Fsp3) is 0.547. The topological polar surface area (TPSA) is 12.0 Å². The van der Waals surface area contributed by atoms with Crippen molar-refractivity contribution >= 4 is 57.8 Å². The highest BCUT2D eigenvalue weighted by molar-refractivity contribution is 8.39. The second-order valence-corrected chi connectivity index (χ2v) is 33.5. The van der Waals surface area contributed by atoms with E-state index in [4.69, 9.17) is 0 Å². The molecular formula is C53H84NP2Si2+. The summed E-state index contributed by atoms with van der Waals surface area (Å²) in [5.41, 5.74) is 5.73. The predicted molar refractivity (Wildman–Crippen MR) is 276 cm³/mol. The molecule has 2 unspecified atom stereocenters. The van der Waals surface area contributed by atoms with Crippen molar-refractivity contribution in [2.75, 3.05) is 0 Å². The van der Waals surface area contributed by atoms with E-state index in [1.54, 1.807) is 10.4 Å². The second kappa shape index (κ2) is 24.5. The average Bonchev–Trinajstić information content (AvgIpc) is 3.23. The maximum atomic E-state index is 4.44. The van der Waals surface area contributed by atoms with Crippen LogP contribution in [0.3, 0.4) is 0 Å². The van der Waals surface area contributed by atoms with Crippen LogP contribution in [0.4, 0.5) is 0 Å². The summed E-state index contributed by atoms with van der Waals surface area (Å²) >= 11 is 0. The fourth-order valence-corrected chi connectivity index (χ4v) is 29.5. The van der Waals surface area contributed by atoms with Crippen LogP contribution in [0.25, 0.3) is 11.1 Å². The molecule has 0 heterocycles. The van der Waals surface area contributed by atoms with Crippen LogP contribution in [0.15, 0.2) is 91.0 Å². The van der Waals surface area contributed by atoms with Crippen molar-refractivity contribution in [2.24, 2.45) is 0 Å². The van der Waals surface area contributed by atoms with Crippen LogP contribution in [0.5, 0.6) is 0 Å². The van der Waals surface area contributed by atoms with Crippen LogP contribution in [0, 0.1) is 13.8 Å². The molecule has 2 atom stereocenters. The summed E-state index contributed by atoms with van der Waals surface area (Å²) in [6, 6.07) is 46.2. The van der Waals surface area contributed by atoms with E-state index in [-0.39, 0.29) is 0 Å². The van der Waals surface area contributed by atoms with E-state index >= 15 is 0 Å². The van der Waals surface area contributed by atoms with E-state index in [0.29, 0.717) is 14.3 Å². The van der Waals surface area contributed by atoms with Crippen LogP contribution >= 0.6 is 15.4 Å². The number of nitrogens with one attached hydrogen (secondary N) is 1. The molecule has 0 saturated carbocycles. The lowest BCUT2D eigenvalue weighted by atomic mass is 10.0. The Morgan fingerprint density at radius 3 is 1.38 bits per heavy atom. The largest absolute Gasteiger partial charge is 0.178 e. The van der Waals surface area contributed by atoms with E-state index in [1.807, 2.05) is 0 Å². The maximum Gasteiger partial charge on any atom is 0.165 e. The van der Waals surface area contributed by atoms with Gasteiger partial charge in [-0.15, -0.1) is 0 Å². The van der Waals surface area contributed by atoms with Crippen molar-refractivity contribution in [3.8, 4) is 11.1 Å². The standard InChI is InChI=1S/C53H84NP2Si2/c1-11-17-37-57(38-18-12-2,39-19-13-3)48-33-31-47(32-34-48)56(54-44(7)8,53-30-26-24-28-46(53)10)55-52-36-35-49(43-51(52)50-29-25-23-27-45(50)9)58(40-20-14-4,41-21-15-5)42-22-16-6/h23-36,43-44,54-55H,11-22,37-42H2,1-10H3/q+1. The van der Waals surface area contributed by atoms with Gasteiger partial charge in [-0.3, -0.25) is 0 Å². The number of aryl methyl sites for hydroxylation is 2. The van der Waals surface area contributed by atoms with Gasteiger partial charge in [-0.2, -0.15) is 5.09 Å². The third-order valence-corrected chi connectivity index (χ3v) is 32.0. The SMILES string of the molecule is CCCC[Si](CCCC)(CCCC)c1ccc([P+](NC(C)C)(Pc2ccc([Si](CCCC)(CCCC)CCCC)cc2-c2ccccc2C)c2ccccc2C)cc1. The van der Waals surface area contributed by atoms with Gasteiger partial charge in [-0.1, -0.05) is 238 Å². The van der Waals surface area contributed by atoms with Crippen molar-refractivity contribution in [2.45, 2.75) is 189 Å². The minimum atomic E-state index is -2.12. The first-order valence-corrected chi connectivity index (χ1v) is 32.8. The number of hydrogen-bond acceptors (Lipinski definition) is 1. The van der Waals surface area contributed by atoms with E-state index in [1.165, 1.54) is 151 Å². The van der Waals surface area contributed by atoms with Crippen LogP contribution in [-0.4, -0.2) is 22.2 Å². The van der Waals surface area contributed by atoms with E-state index in [2.05, 4.69) is 165 Å². The lowest BCUT2D eigenvalue weighted by Crippen LogP contribution is -2.48. The van der Waals surface area contributed by atoms with Gasteiger partial charge in [-0.05, 0) is 68.1 Å². The zero-order chi connectivity index (χ0) is 42.0. The van der Waals surface area contributed by atoms with Crippen molar-refractivity contribution in [3.05, 3.63) is 102 Å².